The summed E-state index contributed by atoms with van der Waals surface area (Å²) in [7, 11) is 0. The van der Waals surface area contributed by atoms with Gasteiger partial charge in [-0.25, -0.2) is 4.98 Å². The van der Waals surface area contributed by atoms with Crippen LogP contribution in [-0.2, 0) is 16.0 Å². The van der Waals surface area contributed by atoms with E-state index in [0.717, 1.165) is 17.2 Å². The van der Waals surface area contributed by atoms with Crippen molar-refractivity contribution in [1.29, 1.82) is 0 Å². The lowest BCUT2D eigenvalue weighted by atomic mass is 10.3. The van der Waals surface area contributed by atoms with Gasteiger partial charge in [-0.1, -0.05) is 13.8 Å². The predicted molar refractivity (Wildman–Crippen MR) is 68.3 cm³/mol. The lowest BCUT2D eigenvalue weighted by Crippen LogP contribution is -2.21. The first-order chi connectivity index (χ1) is 8.16. The molecule has 96 valence electrons. The van der Waals surface area contributed by atoms with Crippen molar-refractivity contribution in [2.24, 2.45) is 0 Å². The van der Waals surface area contributed by atoms with E-state index >= 15 is 0 Å². The molecule has 2 rings (SSSR count). The third kappa shape index (κ3) is 3.48. The molecule has 0 saturated carbocycles. The third-order valence-corrected chi connectivity index (χ3v) is 3.92. The minimum atomic E-state index is 0.0280. The summed E-state index contributed by atoms with van der Waals surface area (Å²) in [6, 6.07) is 0.495. The molecule has 1 N–H and O–H groups in total. The summed E-state index contributed by atoms with van der Waals surface area (Å²) in [4.78, 5) is 5.88. The van der Waals surface area contributed by atoms with E-state index < -0.39 is 0 Å². The highest BCUT2D eigenvalue weighted by Crippen LogP contribution is 2.27. The van der Waals surface area contributed by atoms with Gasteiger partial charge in [0, 0.05) is 17.5 Å². The number of hydrogen-bond donors (Lipinski definition) is 1. The van der Waals surface area contributed by atoms with Crippen LogP contribution in [0.1, 0.15) is 35.5 Å². The van der Waals surface area contributed by atoms with Crippen molar-refractivity contribution in [3.8, 4) is 0 Å². The monoisotopic (exact) mass is 256 g/mol. The van der Waals surface area contributed by atoms with Gasteiger partial charge < -0.3 is 14.8 Å². The predicted octanol–water partition coefficient (Wildman–Crippen LogP) is 2.04. The van der Waals surface area contributed by atoms with Crippen LogP contribution in [-0.4, -0.2) is 30.8 Å². The van der Waals surface area contributed by atoms with Gasteiger partial charge in [0.05, 0.1) is 25.5 Å². The zero-order valence-electron chi connectivity index (χ0n) is 10.7. The number of aromatic nitrogens is 1. The van der Waals surface area contributed by atoms with Crippen LogP contribution in [0.3, 0.4) is 0 Å². The average molecular weight is 256 g/mol. The van der Waals surface area contributed by atoms with Crippen LogP contribution in [0.4, 0.5) is 0 Å². The van der Waals surface area contributed by atoms with Crippen LogP contribution < -0.4 is 5.32 Å². The zero-order valence-corrected chi connectivity index (χ0v) is 11.5. The van der Waals surface area contributed by atoms with E-state index in [1.807, 2.05) is 0 Å². The van der Waals surface area contributed by atoms with Crippen LogP contribution in [0.2, 0.25) is 0 Å². The van der Waals surface area contributed by atoms with E-state index in [9.17, 15) is 0 Å². The Morgan fingerprint density at radius 3 is 2.94 bits per heavy atom. The summed E-state index contributed by atoms with van der Waals surface area (Å²) in [5.74, 6) is 0. The zero-order chi connectivity index (χ0) is 12.3. The van der Waals surface area contributed by atoms with Crippen molar-refractivity contribution < 1.29 is 9.47 Å². The minimum Gasteiger partial charge on any atom is -0.376 e. The highest BCUT2D eigenvalue weighted by molar-refractivity contribution is 7.11. The summed E-state index contributed by atoms with van der Waals surface area (Å²) in [6.45, 7) is 9.23. The Kier molecular flexibility index (Phi) is 4.50. The average Bonchev–Trinajstić information content (AvgIpc) is 2.69. The molecule has 0 amide bonds. The van der Waals surface area contributed by atoms with Gasteiger partial charge in [-0.15, -0.1) is 11.3 Å². The molecule has 0 spiro atoms. The molecule has 1 aliphatic heterocycles. The van der Waals surface area contributed by atoms with E-state index in [1.54, 1.807) is 11.3 Å². The normalized spacial score (nSPS) is 21.1. The summed E-state index contributed by atoms with van der Waals surface area (Å²) in [5, 5.41) is 4.46. The smallest absolute Gasteiger partial charge is 0.132 e. The van der Waals surface area contributed by atoms with E-state index in [1.165, 1.54) is 4.88 Å². The quantitative estimate of drug-likeness (QED) is 0.895. The van der Waals surface area contributed by atoms with Gasteiger partial charge in [-0.2, -0.15) is 0 Å². The number of thiazole rings is 1. The summed E-state index contributed by atoms with van der Waals surface area (Å²) < 4.78 is 11.1. The highest BCUT2D eigenvalue weighted by Gasteiger charge is 2.21. The molecule has 1 saturated heterocycles. The fraction of sp³-hybridized carbons (Fsp3) is 0.750. The number of aryl methyl sites for hydroxylation is 1. The Balaban J connectivity index is 2.01. The van der Waals surface area contributed by atoms with Crippen LogP contribution in [0.25, 0.3) is 0 Å². The van der Waals surface area contributed by atoms with Crippen molar-refractivity contribution in [2.45, 2.75) is 39.5 Å². The number of nitrogens with zero attached hydrogens (tertiary/aromatic N) is 1. The SMILES string of the molecule is Cc1nc(C2COCCO2)sc1CNC(C)C. The summed E-state index contributed by atoms with van der Waals surface area (Å²) in [5.41, 5.74) is 1.10. The maximum absolute atomic E-state index is 5.66. The van der Waals surface area contributed by atoms with E-state index in [0.29, 0.717) is 25.9 Å². The van der Waals surface area contributed by atoms with E-state index in [-0.39, 0.29) is 6.10 Å². The molecule has 0 bridgehead atoms. The molecule has 0 aliphatic carbocycles. The summed E-state index contributed by atoms with van der Waals surface area (Å²) >= 11 is 1.73. The minimum absolute atomic E-state index is 0.0280. The first-order valence-corrected chi connectivity index (χ1v) is 6.87. The molecular weight excluding hydrogens is 236 g/mol. The molecule has 17 heavy (non-hydrogen) atoms. The molecule has 1 aromatic heterocycles. The third-order valence-electron chi connectivity index (χ3n) is 2.67. The number of hydrogen-bond acceptors (Lipinski definition) is 5. The Morgan fingerprint density at radius 2 is 2.29 bits per heavy atom. The van der Waals surface area contributed by atoms with Crippen LogP contribution in [0.5, 0.6) is 0 Å². The molecule has 0 radical (unpaired) electrons. The van der Waals surface area contributed by atoms with Gasteiger partial charge in [0.25, 0.3) is 0 Å². The topological polar surface area (TPSA) is 43.4 Å². The fourth-order valence-corrected chi connectivity index (χ4v) is 2.73. The van der Waals surface area contributed by atoms with Crippen molar-refractivity contribution in [3.63, 3.8) is 0 Å². The number of rotatable bonds is 4. The van der Waals surface area contributed by atoms with Crippen LogP contribution in [0, 0.1) is 6.92 Å². The van der Waals surface area contributed by atoms with Crippen molar-refractivity contribution in [2.75, 3.05) is 19.8 Å². The Hall–Kier alpha value is -0.490. The Morgan fingerprint density at radius 1 is 1.47 bits per heavy atom. The molecule has 1 aromatic rings. The first-order valence-electron chi connectivity index (χ1n) is 6.05. The molecule has 0 aromatic carbocycles. The van der Waals surface area contributed by atoms with Gasteiger partial charge in [-0.3, -0.25) is 0 Å². The van der Waals surface area contributed by atoms with Crippen LogP contribution >= 0.6 is 11.3 Å². The van der Waals surface area contributed by atoms with Gasteiger partial charge in [0.1, 0.15) is 11.1 Å². The second-order valence-corrected chi connectivity index (χ2v) is 5.65. The molecule has 1 fully saturated rings. The molecular formula is C12H20N2O2S. The molecule has 5 heteroatoms. The maximum Gasteiger partial charge on any atom is 0.132 e. The van der Waals surface area contributed by atoms with Gasteiger partial charge >= 0.3 is 0 Å². The van der Waals surface area contributed by atoms with Gasteiger partial charge in [0.2, 0.25) is 0 Å². The van der Waals surface area contributed by atoms with Crippen molar-refractivity contribution in [3.05, 3.63) is 15.6 Å². The molecule has 1 aliphatic rings. The van der Waals surface area contributed by atoms with Crippen LogP contribution in [0.15, 0.2) is 0 Å². The second kappa shape index (κ2) is 5.91. The van der Waals surface area contributed by atoms with Crippen molar-refractivity contribution in [1.82, 2.24) is 10.3 Å². The lowest BCUT2D eigenvalue weighted by molar-refractivity contribution is -0.0902. The molecule has 4 nitrogen and oxygen atoms in total. The standard InChI is InChI=1S/C12H20N2O2S/c1-8(2)13-6-11-9(3)14-12(17-11)10-7-15-4-5-16-10/h8,10,13H,4-7H2,1-3H3. The lowest BCUT2D eigenvalue weighted by Gasteiger charge is -2.20. The second-order valence-electron chi connectivity index (χ2n) is 4.53. The van der Waals surface area contributed by atoms with E-state index in [4.69, 9.17) is 9.47 Å². The largest absolute Gasteiger partial charge is 0.376 e. The van der Waals surface area contributed by atoms with Crippen molar-refractivity contribution >= 4 is 11.3 Å². The Labute approximate surface area is 106 Å². The van der Waals surface area contributed by atoms with Gasteiger partial charge in [0.15, 0.2) is 0 Å². The van der Waals surface area contributed by atoms with Gasteiger partial charge in [-0.05, 0) is 6.92 Å². The number of nitrogens with one attached hydrogen (secondary N) is 1. The molecule has 1 atom stereocenters. The molecule has 1 unspecified atom stereocenters. The number of ether oxygens (including phenoxy) is 2. The highest BCUT2D eigenvalue weighted by atomic mass is 32.1. The fourth-order valence-electron chi connectivity index (χ4n) is 1.68. The first kappa shape index (κ1) is 13.0. The summed E-state index contributed by atoms with van der Waals surface area (Å²) in [6.07, 6.45) is 0.0280. The molecule has 2 heterocycles. The Bertz CT molecular complexity index is 359. The maximum atomic E-state index is 5.66. The van der Waals surface area contributed by atoms with E-state index in [2.05, 4.69) is 31.1 Å².